The first-order valence-electron chi connectivity index (χ1n) is 12.6. The van der Waals surface area contributed by atoms with Gasteiger partial charge in [-0.15, -0.1) is 0 Å². The largest absolute Gasteiger partial charge is 0.310 e. The van der Waals surface area contributed by atoms with E-state index in [9.17, 15) is 0 Å². The van der Waals surface area contributed by atoms with E-state index in [1.54, 1.807) is 0 Å². The Morgan fingerprint density at radius 3 is 1.74 bits per heavy atom. The van der Waals surface area contributed by atoms with Crippen molar-refractivity contribution in [3.05, 3.63) is 133 Å². The molecule has 176 valence electrons. The molecule has 2 heterocycles. The second-order valence-electron chi connectivity index (χ2n) is 9.34. The molecule has 2 radical (unpaired) electrons. The zero-order valence-electron chi connectivity index (χ0n) is 20.6. The summed E-state index contributed by atoms with van der Waals surface area (Å²) >= 11 is 0. The predicted octanol–water partition coefficient (Wildman–Crippen LogP) is 7.37. The average Bonchev–Trinajstić information content (AvgIpc) is 3.34. The van der Waals surface area contributed by atoms with Crippen LogP contribution in [0.4, 0.5) is 0 Å². The van der Waals surface area contributed by atoms with Crippen LogP contribution < -0.4 is 5.46 Å². The first-order chi connectivity index (χ1) is 18.8. The third kappa shape index (κ3) is 3.79. The molecule has 0 aliphatic rings. The van der Waals surface area contributed by atoms with E-state index in [4.69, 9.17) is 17.8 Å². The van der Waals surface area contributed by atoms with Gasteiger partial charge in [-0.1, -0.05) is 103 Å². The number of rotatable bonds is 4. The van der Waals surface area contributed by atoms with Crippen LogP contribution in [-0.4, -0.2) is 22.4 Å². The standard InChI is InChI=1S/C34H22BN3/c35-29-16-9-15-28-27-14-7-8-17-32(27)38(33(28)29)26-20-18-25(19-21-26)34-36-30(23-10-3-1-4-11-23)22-31(37-34)24-12-5-2-6-13-24/h1-22H. The Labute approximate surface area is 222 Å². The molecule has 0 aliphatic carbocycles. The molecular weight excluding hydrogens is 461 g/mol. The van der Waals surface area contributed by atoms with Gasteiger partial charge in [0.15, 0.2) is 5.82 Å². The Balaban J connectivity index is 1.38. The van der Waals surface area contributed by atoms with Crippen molar-refractivity contribution in [2.75, 3.05) is 0 Å². The van der Waals surface area contributed by atoms with Crippen LogP contribution in [0.3, 0.4) is 0 Å². The highest BCUT2D eigenvalue weighted by Crippen LogP contribution is 2.32. The molecule has 0 atom stereocenters. The number of fused-ring (bicyclic) bond motifs is 3. The maximum absolute atomic E-state index is 6.48. The van der Waals surface area contributed by atoms with Gasteiger partial charge in [0, 0.05) is 38.7 Å². The van der Waals surface area contributed by atoms with E-state index in [1.807, 2.05) is 48.5 Å². The molecule has 0 N–H and O–H groups in total. The van der Waals surface area contributed by atoms with E-state index < -0.39 is 0 Å². The Morgan fingerprint density at radius 2 is 1.08 bits per heavy atom. The van der Waals surface area contributed by atoms with Gasteiger partial charge in [0.1, 0.15) is 7.85 Å². The summed E-state index contributed by atoms with van der Waals surface area (Å²) < 4.78 is 2.24. The summed E-state index contributed by atoms with van der Waals surface area (Å²) in [5, 5.41) is 2.33. The molecule has 5 aromatic carbocycles. The lowest BCUT2D eigenvalue weighted by atomic mass is 9.93. The van der Waals surface area contributed by atoms with Gasteiger partial charge in [0.05, 0.1) is 16.9 Å². The zero-order valence-corrected chi connectivity index (χ0v) is 20.6. The second kappa shape index (κ2) is 9.17. The Bertz CT molecular complexity index is 1850. The molecule has 4 heteroatoms. The molecule has 0 spiro atoms. The molecule has 38 heavy (non-hydrogen) atoms. The van der Waals surface area contributed by atoms with Crippen molar-refractivity contribution in [1.82, 2.24) is 14.5 Å². The zero-order chi connectivity index (χ0) is 25.5. The van der Waals surface area contributed by atoms with Crippen LogP contribution in [0.2, 0.25) is 0 Å². The molecule has 3 nitrogen and oxygen atoms in total. The number of benzene rings is 5. The molecule has 0 aliphatic heterocycles. The lowest BCUT2D eigenvalue weighted by Gasteiger charge is -2.12. The normalized spacial score (nSPS) is 11.3. The average molecular weight is 483 g/mol. The van der Waals surface area contributed by atoms with Gasteiger partial charge in [0.25, 0.3) is 0 Å². The van der Waals surface area contributed by atoms with E-state index in [-0.39, 0.29) is 0 Å². The van der Waals surface area contributed by atoms with Crippen LogP contribution in [0.25, 0.3) is 61.4 Å². The SMILES string of the molecule is [B]c1cccc2c3ccccc3n(-c3ccc(-c4nc(-c5ccccc5)cc(-c5ccccc5)n4)cc3)c12. The molecule has 0 saturated heterocycles. The van der Waals surface area contributed by atoms with E-state index in [2.05, 4.69) is 89.5 Å². The monoisotopic (exact) mass is 483 g/mol. The highest BCUT2D eigenvalue weighted by Gasteiger charge is 2.14. The van der Waals surface area contributed by atoms with Crippen LogP contribution in [0.5, 0.6) is 0 Å². The smallest absolute Gasteiger partial charge is 0.160 e. The number of aromatic nitrogens is 3. The fourth-order valence-electron chi connectivity index (χ4n) is 5.16. The molecule has 2 aromatic heterocycles. The summed E-state index contributed by atoms with van der Waals surface area (Å²) in [7, 11) is 6.48. The van der Waals surface area contributed by atoms with Crippen molar-refractivity contribution in [1.29, 1.82) is 0 Å². The van der Waals surface area contributed by atoms with Crippen molar-refractivity contribution in [2.24, 2.45) is 0 Å². The molecule has 7 aromatic rings. The minimum Gasteiger partial charge on any atom is -0.310 e. The summed E-state index contributed by atoms with van der Waals surface area (Å²) in [6, 6.07) is 45.5. The van der Waals surface area contributed by atoms with Crippen molar-refractivity contribution in [3.63, 3.8) is 0 Å². The predicted molar refractivity (Wildman–Crippen MR) is 158 cm³/mol. The van der Waals surface area contributed by atoms with Gasteiger partial charge in [-0.2, -0.15) is 0 Å². The maximum atomic E-state index is 6.48. The van der Waals surface area contributed by atoms with Crippen LogP contribution in [0.1, 0.15) is 0 Å². The second-order valence-corrected chi connectivity index (χ2v) is 9.34. The third-order valence-electron chi connectivity index (χ3n) is 6.97. The van der Waals surface area contributed by atoms with Gasteiger partial charge in [-0.25, -0.2) is 9.97 Å². The summed E-state index contributed by atoms with van der Waals surface area (Å²) in [4.78, 5) is 9.94. The van der Waals surface area contributed by atoms with Gasteiger partial charge < -0.3 is 4.57 Å². The minimum atomic E-state index is 0.693. The highest BCUT2D eigenvalue weighted by atomic mass is 15.0. The minimum absolute atomic E-state index is 0.693. The van der Waals surface area contributed by atoms with E-state index in [0.29, 0.717) is 5.82 Å². The van der Waals surface area contributed by atoms with Gasteiger partial charge in [-0.05, 0) is 36.4 Å². The van der Waals surface area contributed by atoms with Crippen molar-refractivity contribution in [2.45, 2.75) is 0 Å². The van der Waals surface area contributed by atoms with Crippen molar-refractivity contribution >= 4 is 35.1 Å². The molecule has 0 amide bonds. The van der Waals surface area contributed by atoms with Gasteiger partial charge >= 0.3 is 0 Å². The maximum Gasteiger partial charge on any atom is 0.160 e. The van der Waals surface area contributed by atoms with Crippen molar-refractivity contribution < 1.29 is 0 Å². The summed E-state index contributed by atoms with van der Waals surface area (Å²) in [6.07, 6.45) is 0. The molecule has 0 fully saturated rings. The first kappa shape index (κ1) is 22.3. The van der Waals surface area contributed by atoms with Crippen LogP contribution in [0.15, 0.2) is 133 Å². The Kier molecular flexibility index (Phi) is 5.37. The summed E-state index contributed by atoms with van der Waals surface area (Å²) in [6.45, 7) is 0. The highest BCUT2D eigenvalue weighted by molar-refractivity contribution is 6.40. The van der Waals surface area contributed by atoms with E-state index in [0.717, 1.165) is 55.6 Å². The molecular formula is C34H22BN3. The topological polar surface area (TPSA) is 30.7 Å². The molecule has 0 saturated carbocycles. The van der Waals surface area contributed by atoms with Gasteiger partial charge in [0.2, 0.25) is 0 Å². The summed E-state index contributed by atoms with van der Waals surface area (Å²) in [5.41, 5.74) is 8.82. The number of nitrogens with zero attached hydrogens (tertiary/aromatic N) is 3. The lowest BCUT2D eigenvalue weighted by molar-refractivity contribution is 1.17. The quantitative estimate of drug-likeness (QED) is 0.245. The van der Waals surface area contributed by atoms with E-state index in [1.165, 1.54) is 5.39 Å². The van der Waals surface area contributed by atoms with E-state index >= 15 is 0 Å². The lowest BCUT2D eigenvalue weighted by Crippen LogP contribution is -2.07. The fourth-order valence-corrected chi connectivity index (χ4v) is 5.16. The first-order valence-corrected chi connectivity index (χ1v) is 12.6. The van der Waals surface area contributed by atoms with Crippen molar-refractivity contribution in [3.8, 4) is 39.6 Å². The Morgan fingerprint density at radius 1 is 0.500 bits per heavy atom. The molecule has 0 unspecified atom stereocenters. The van der Waals surface area contributed by atoms with Gasteiger partial charge in [-0.3, -0.25) is 0 Å². The number of hydrogen-bond acceptors (Lipinski definition) is 2. The Hall–Kier alpha value is -4.96. The fraction of sp³-hybridized carbons (Fsp3) is 0. The number of para-hydroxylation sites is 2. The molecule has 7 rings (SSSR count). The molecule has 0 bridgehead atoms. The number of hydrogen-bond donors (Lipinski definition) is 0. The third-order valence-corrected chi connectivity index (χ3v) is 6.97. The van der Waals surface area contributed by atoms with Crippen LogP contribution in [0, 0.1) is 0 Å². The summed E-state index contributed by atoms with van der Waals surface area (Å²) in [5.74, 6) is 0.693. The van der Waals surface area contributed by atoms with Crippen LogP contribution in [-0.2, 0) is 0 Å². The van der Waals surface area contributed by atoms with Crippen LogP contribution >= 0.6 is 0 Å².